The molecule has 0 fully saturated rings. The van der Waals surface area contributed by atoms with Crippen LogP contribution in [0.5, 0.6) is 5.75 Å². The second-order valence-corrected chi connectivity index (χ2v) is 6.32. The van der Waals surface area contributed by atoms with Crippen molar-refractivity contribution < 1.29 is 14.3 Å². The number of anilines is 2. The monoisotopic (exact) mass is 389 g/mol. The van der Waals surface area contributed by atoms with Crippen molar-refractivity contribution >= 4 is 23.2 Å². The van der Waals surface area contributed by atoms with Crippen molar-refractivity contribution in [3.05, 3.63) is 90.0 Å². The molecule has 29 heavy (non-hydrogen) atoms. The van der Waals surface area contributed by atoms with Gasteiger partial charge in [-0.3, -0.25) is 9.59 Å². The van der Waals surface area contributed by atoms with Crippen LogP contribution in [0.15, 0.2) is 78.9 Å². The zero-order valence-corrected chi connectivity index (χ0v) is 16.1. The standard InChI is InChI=1S/C23H23N3O3/c1-29-21-14-8-7-13-20(21)26-22(27)16-24-19-12-6-5-11-18(19)23(28)25-15-17-9-3-2-4-10-17/h2-14,24H,15-16H2,1H3,(H,25,28)(H,26,27). The molecule has 6 heteroatoms. The van der Waals surface area contributed by atoms with E-state index in [9.17, 15) is 9.59 Å². The number of benzene rings is 3. The van der Waals surface area contributed by atoms with E-state index in [2.05, 4.69) is 16.0 Å². The van der Waals surface area contributed by atoms with Crippen LogP contribution in [0, 0.1) is 0 Å². The zero-order valence-electron chi connectivity index (χ0n) is 16.1. The first-order chi connectivity index (χ1) is 14.2. The van der Waals surface area contributed by atoms with E-state index in [1.165, 1.54) is 0 Å². The number of ether oxygens (including phenoxy) is 1. The van der Waals surface area contributed by atoms with E-state index in [1.54, 1.807) is 37.4 Å². The average Bonchev–Trinajstić information content (AvgIpc) is 2.77. The lowest BCUT2D eigenvalue weighted by atomic mass is 10.1. The normalized spacial score (nSPS) is 10.1. The second kappa shape index (κ2) is 9.94. The average molecular weight is 389 g/mol. The van der Waals surface area contributed by atoms with Gasteiger partial charge in [-0.05, 0) is 29.8 Å². The van der Waals surface area contributed by atoms with Gasteiger partial charge in [0.2, 0.25) is 5.91 Å². The Labute approximate surface area is 169 Å². The van der Waals surface area contributed by atoms with Crippen molar-refractivity contribution in [1.29, 1.82) is 0 Å². The van der Waals surface area contributed by atoms with Gasteiger partial charge >= 0.3 is 0 Å². The SMILES string of the molecule is COc1ccccc1NC(=O)CNc1ccccc1C(=O)NCc1ccccc1. The molecule has 0 spiro atoms. The van der Waals surface area contributed by atoms with Gasteiger partial charge in [0.15, 0.2) is 0 Å². The van der Waals surface area contributed by atoms with Crippen molar-refractivity contribution in [2.75, 3.05) is 24.3 Å². The third-order valence-electron chi connectivity index (χ3n) is 4.29. The largest absolute Gasteiger partial charge is 0.495 e. The molecule has 3 N–H and O–H groups in total. The van der Waals surface area contributed by atoms with Crippen molar-refractivity contribution in [3.8, 4) is 5.75 Å². The first-order valence-corrected chi connectivity index (χ1v) is 9.25. The summed E-state index contributed by atoms with van der Waals surface area (Å²) in [6.07, 6.45) is 0. The van der Waals surface area contributed by atoms with Crippen LogP contribution in [0.4, 0.5) is 11.4 Å². The molecule has 148 valence electrons. The number of amides is 2. The van der Waals surface area contributed by atoms with Gasteiger partial charge in [0.25, 0.3) is 5.91 Å². The van der Waals surface area contributed by atoms with Crippen molar-refractivity contribution in [1.82, 2.24) is 5.32 Å². The fourth-order valence-corrected chi connectivity index (χ4v) is 2.83. The second-order valence-electron chi connectivity index (χ2n) is 6.32. The summed E-state index contributed by atoms with van der Waals surface area (Å²) in [5.41, 5.74) is 2.68. The molecular weight excluding hydrogens is 366 g/mol. The summed E-state index contributed by atoms with van der Waals surface area (Å²) in [5, 5.41) is 8.74. The quantitative estimate of drug-likeness (QED) is 0.549. The van der Waals surface area contributed by atoms with Crippen LogP contribution < -0.4 is 20.7 Å². The van der Waals surface area contributed by atoms with Gasteiger partial charge in [-0.25, -0.2) is 0 Å². The van der Waals surface area contributed by atoms with Crippen LogP contribution in [0.3, 0.4) is 0 Å². The van der Waals surface area contributed by atoms with E-state index in [4.69, 9.17) is 4.74 Å². The molecule has 0 aromatic heterocycles. The molecule has 0 saturated heterocycles. The highest BCUT2D eigenvalue weighted by Gasteiger charge is 2.12. The van der Waals surface area contributed by atoms with E-state index in [0.29, 0.717) is 29.2 Å². The number of para-hydroxylation sites is 3. The van der Waals surface area contributed by atoms with Crippen LogP contribution in [0.25, 0.3) is 0 Å². The maximum Gasteiger partial charge on any atom is 0.253 e. The Morgan fingerprint density at radius 3 is 2.24 bits per heavy atom. The van der Waals surface area contributed by atoms with E-state index >= 15 is 0 Å². The first kappa shape index (κ1) is 19.9. The van der Waals surface area contributed by atoms with Crippen LogP contribution >= 0.6 is 0 Å². The maximum atomic E-state index is 12.6. The minimum atomic E-state index is -0.242. The molecule has 2 amide bonds. The smallest absolute Gasteiger partial charge is 0.253 e. The molecular formula is C23H23N3O3. The van der Waals surface area contributed by atoms with Gasteiger partial charge in [-0.15, -0.1) is 0 Å². The topological polar surface area (TPSA) is 79.5 Å². The molecule has 0 aliphatic rings. The van der Waals surface area contributed by atoms with Crippen molar-refractivity contribution in [2.24, 2.45) is 0 Å². The molecule has 0 heterocycles. The van der Waals surface area contributed by atoms with E-state index in [-0.39, 0.29) is 18.4 Å². The van der Waals surface area contributed by atoms with Gasteiger partial charge in [0, 0.05) is 12.2 Å². The predicted molar refractivity (Wildman–Crippen MR) is 114 cm³/mol. The third kappa shape index (κ3) is 5.59. The number of hydrogen-bond donors (Lipinski definition) is 3. The number of nitrogens with one attached hydrogen (secondary N) is 3. The molecule has 3 aromatic rings. The first-order valence-electron chi connectivity index (χ1n) is 9.25. The Hall–Kier alpha value is -3.80. The van der Waals surface area contributed by atoms with Crippen molar-refractivity contribution in [3.63, 3.8) is 0 Å². The number of carbonyl (C=O) groups excluding carboxylic acids is 2. The molecule has 0 radical (unpaired) electrons. The Kier molecular flexibility index (Phi) is 6.84. The lowest BCUT2D eigenvalue weighted by molar-refractivity contribution is -0.114. The Morgan fingerprint density at radius 1 is 0.828 bits per heavy atom. The zero-order chi connectivity index (χ0) is 20.5. The molecule has 0 bridgehead atoms. The lowest BCUT2D eigenvalue weighted by Crippen LogP contribution is -2.26. The molecule has 0 aliphatic heterocycles. The van der Waals surface area contributed by atoms with Gasteiger partial charge < -0.3 is 20.7 Å². The van der Waals surface area contributed by atoms with Gasteiger partial charge in [0.1, 0.15) is 5.75 Å². The summed E-state index contributed by atoms with van der Waals surface area (Å²) in [5.74, 6) is 0.137. The minimum Gasteiger partial charge on any atom is -0.495 e. The van der Waals surface area contributed by atoms with Gasteiger partial charge in [-0.2, -0.15) is 0 Å². The summed E-state index contributed by atoms with van der Waals surface area (Å²) in [6.45, 7) is 0.448. The number of methoxy groups -OCH3 is 1. The van der Waals surface area contributed by atoms with Gasteiger partial charge in [-0.1, -0.05) is 54.6 Å². The number of rotatable bonds is 8. The van der Waals surface area contributed by atoms with E-state index in [0.717, 1.165) is 5.56 Å². The molecule has 0 unspecified atom stereocenters. The Morgan fingerprint density at radius 2 is 1.48 bits per heavy atom. The summed E-state index contributed by atoms with van der Waals surface area (Å²) >= 11 is 0. The fraction of sp³-hybridized carbons (Fsp3) is 0.130. The molecule has 0 atom stereocenters. The molecule has 0 aliphatic carbocycles. The molecule has 3 rings (SSSR count). The van der Waals surface area contributed by atoms with Crippen LogP contribution in [0.1, 0.15) is 15.9 Å². The highest BCUT2D eigenvalue weighted by atomic mass is 16.5. The van der Waals surface area contributed by atoms with Crippen LogP contribution in [-0.2, 0) is 11.3 Å². The summed E-state index contributed by atoms with van der Waals surface area (Å²) in [4.78, 5) is 24.9. The highest BCUT2D eigenvalue weighted by Crippen LogP contribution is 2.23. The van der Waals surface area contributed by atoms with Gasteiger partial charge in [0.05, 0.1) is 24.9 Å². The van der Waals surface area contributed by atoms with E-state index in [1.807, 2.05) is 48.5 Å². The minimum absolute atomic E-state index is 0.0149. The highest BCUT2D eigenvalue weighted by molar-refractivity contribution is 6.01. The van der Waals surface area contributed by atoms with Crippen LogP contribution in [0.2, 0.25) is 0 Å². The number of hydrogen-bond acceptors (Lipinski definition) is 4. The Bertz CT molecular complexity index is 974. The maximum absolute atomic E-state index is 12.6. The van der Waals surface area contributed by atoms with E-state index < -0.39 is 0 Å². The predicted octanol–water partition coefficient (Wildman–Crippen LogP) is 3.68. The summed E-state index contributed by atoms with van der Waals surface area (Å²) in [7, 11) is 1.55. The van der Waals surface area contributed by atoms with Crippen molar-refractivity contribution in [2.45, 2.75) is 6.54 Å². The Balaban J connectivity index is 1.60. The summed E-state index contributed by atoms with van der Waals surface area (Å²) < 4.78 is 5.23. The van der Waals surface area contributed by atoms with Crippen LogP contribution in [-0.4, -0.2) is 25.5 Å². The molecule has 3 aromatic carbocycles. The molecule has 0 saturated carbocycles. The number of carbonyl (C=O) groups is 2. The third-order valence-corrected chi connectivity index (χ3v) is 4.29. The molecule has 6 nitrogen and oxygen atoms in total. The fourth-order valence-electron chi connectivity index (χ4n) is 2.83. The lowest BCUT2D eigenvalue weighted by Gasteiger charge is -2.13. The summed E-state index contributed by atoms with van der Waals surface area (Å²) in [6, 6.07) is 24.0.